The van der Waals surface area contributed by atoms with Gasteiger partial charge in [-0.1, -0.05) is 23.2 Å². The molecule has 2 rings (SSSR count). The van der Waals surface area contributed by atoms with Gasteiger partial charge in [-0.25, -0.2) is 4.79 Å². The van der Waals surface area contributed by atoms with E-state index in [4.69, 9.17) is 32.7 Å². The van der Waals surface area contributed by atoms with Gasteiger partial charge >= 0.3 is 6.03 Å². The van der Waals surface area contributed by atoms with Gasteiger partial charge in [0.25, 0.3) is 0 Å². The van der Waals surface area contributed by atoms with Crippen molar-refractivity contribution in [3.8, 4) is 11.5 Å². The number of rotatable bonds is 7. The predicted octanol–water partition coefficient (Wildman–Crippen LogP) is 4.46. The number of halogens is 2. The van der Waals surface area contributed by atoms with Gasteiger partial charge in [0.05, 0.1) is 29.6 Å². The van der Waals surface area contributed by atoms with Gasteiger partial charge in [-0.3, -0.25) is 0 Å². The standard InChI is InChI=1S/C16H18Cl2N2O3S/c1-3-23-15-12(17)6-10(7-13(15)22-2)8-19-16(21)20-9-11-4-5-14(18)24-11/h4-7H,3,8-9H2,1-2H3,(H2,19,20,21). The fourth-order valence-corrected chi connectivity index (χ4v) is 3.33. The van der Waals surface area contributed by atoms with Crippen LogP contribution in [0.5, 0.6) is 11.5 Å². The summed E-state index contributed by atoms with van der Waals surface area (Å²) in [4.78, 5) is 12.9. The quantitative estimate of drug-likeness (QED) is 0.735. The number of carbonyl (C=O) groups excluding carboxylic acids is 1. The molecule has 0 atom stereocenters. The second-order valence-corrected chi connectivity index (χ2v) is 6.99. The highest BCUT2D eigenvalue weighted by molar-refractivity contribution is 7.16. The molecule has 0 aliphatic heterocycles. The fourth-order valence-electron chi connectivity index (χ4n) is 2.02. The van der Waals surface area contributed by atoms with Crippen LogP contribution in [0.15, 0.2) is 24.3 Å². The van der Waals surface area contributed by atoms with Crippen LogP contribution in [0.1, 0.15) is 17.4 Å². The highest BCUT2D eigenvalue weighted by Crippen LogP contribution is 2.36. The normalized spacial score (nSPS) is 10.3. The molecule has 0 radical (unpaired) electrons. The molecule has 0 fully saturated rings. The van der Waals surface area contributed by atoms with E-state index >= 15 is 0 Å². The summed E-state index contributed by atoms with van der Waals surface area (Å²) in [7, 11) is 1.55. The lowest BCUT2D eigenvalue weighted by atomic mass is 10.2. The molecule has 1 aromatic carbocycles. The average Bonchev–Trinajstić information content (AvgIpc) is 2.98. The topological polar surface area (TPSA) is 59.6 Å². The van der Waals surface area contributed by atoms with Gasteiger partial charge < -0.3 is 20.1 Å². The Morgan fingerprint density at radius 3 is 2.58 bits per heavy atom. The van der Waals surface area contributed by atoms with Crippen LogP contribution in [0.25, 0.3) is 0 Å². The molecule has 2 amide bonds. The molecule has 8 heteroatoms. The predicted molar refractivity (Wildman–Crippen MR) is 97.6 cm³/mol. The molecule has 0 aliphatic rings. The van der Waals surface area contributed by atoms with E-state index in [0.29, 0.717) is 40.6 Å². The second kappa shape index (κ2) is 9.01. The number of thiophene rings is 1. The molecule has 2 aromatic rings. The Balaban J connectivity index is 1.91. The summed E-state index contributed by atoms with van der Waals surface area (Å²) in [6, 6.07) is 6.94. The molecular formula is C16H18Cl2N2O3S. The Bertz CT molecular complexity index is 707. The monoisotopic (exact) mass is 388 g/mol. The number of urea groups is 1. The molecule has 0 spiro atoms. The van der Waals surface area contributed by atoms with E-state index in [9.17, 15) is 4.79 Å². The Morgan fingerprint density at radius 1 is 1.21 bits per heavy atom. The minimum Gasteiger partial charge on any atom is -0.493 e. The van der Waals surface area contributed by atoms with Crippen LogP contribution in [0.2, 0.25) is 9.36 Å². The van der Waals surface area contributed by atoms with Crippen molar-refractivity contribution in [1.82, 2.24) is 10.6 Å². The van der Waals surface area contributed by atoms with Crippen molar-refractivity contribution >= 4 is 40.6 Å². The smallest absolute Gasteiger partial charge is 0.315 e. The summed E-state index contributed by atoms with van der Waals surface area (Å²) in [5.41, 5.74) is 0.814. The van der Waals surface area contributed by atoms with Crippen LogP contribution in [0.4, 0.5) is 4.79 Å². The van der Waals surface area contributed by atoms with Gasteiger partial charge in [-0.2, -0.15) is 0 Å². The first-order valence-corrected chi connectivity index (χ1v) is 8.85. The van der Waals surface area contributed by atoms with E-state index in [1.165, 1.54) is 11.3 Å². The zero-order chi connectivity index (χ0) is 17.5. The van der Waals surface area contributed by atoms with Crippen molar-refractivity contribution in [2.75, 3.05) is 13.7 Å². The van der Waals surface area contributed by atoms with Gasteiger partial charge in [0.2, 0.25) is 0 Å². The third-order valence-corrected chi connectivity index (χ3v) is 4.59. The van der Waals surface area contributed by atoms with Crippen LogP contribution in [-0.4, -0.2) is 19.7 Å². The Hall–Kier alpha value is -1.63. The van der Waals surface area contributed by atoms with Gasteiger partial charge in [-0.15, -0.1) is 11.3 Å². The first-order valence-electron chi connectivity index (χ1n) is 7.28. The van der Waals surface area contributed by atoms with Gasteiger partial charge in [-0.05, 0) is 36.8 Å². The van der Waals surface area contributed by atoms with E-state index in [1.807, 2.05) is 13.0 Å². The summed E-state index contributed by atoms with van der Waals surface area (Å²) >= 11 is 13.5. The molecule has 0 aliphatic carbocycles. The van der Waals surface area contributed by atoms with Gasteiger partial charge in [0.15, 0.2) is 11.5 Å². The third kappa shape index (κ3) is 5.19. The van der Waals surface area contributed by atoms with Crippen molar-refractivity contribution in [2.45, 2.75) is 20.0 Å². The Kier molecular flexibility index (Phi) is 7.02. The number of ether oxygens (including phenoxy) is 2. The third-order valence-electron chi connectivity index (χ3n) is 3.08. The number of carbonyl (C=O) groups is 1. The molecule has 1 heterocycles. The maximum atomic E-state index is 11.9. The summed E-state index contributed by atoms with van der Waals surface area (Å²) in [6.07, 6.45) is 0. The van der Waals surface area contributed by atoms with E-state index in [1.54, 1.807) is 25.3 Å². The second-order valence-electron chi connectivity index (χ2n) is 4.78. The lowest BCUT2D eigenvalue weighted by Crippen LogP contribution is -2.34. The number of amides is 2. The number of hydrogen-bond donors (Lipinski definition) is 2. The summed E-state index contributed by atoms with van der Waals surface area (Å²) in [5, 5.41) is 5.99. The minimum atomic E-state index is -0.275. The molecule has 5 nitrogen and oxygen atoms in total. The lowest BCUT2D eigenvalue weighted by molar-refractivity contribution is 0.240. The lowest BCUT2D eigenvalue weighted by Gasteiger charge is -2.13. The maximum Gasteiger partial charge on any atom is 0.315 e. The SMILES string of the molecule is CCOc1c(Cl)cc(CNC(=O)NCc2ccc(Cl)s2)cc1OC. The van der Waals surface area contributed by atoms with Crippen LogP contribution >= 0.6 is 34.5 Å². The fraction of sp³-hybridized carbons (Fsp3) is 0.312. The Labute approximate surface area is 154 Å². The first-order chi connectivity index (χ1) is 11.5. The molecule has 0 unspecified atom stereocenters. The Morgan fingerprint density at radius 2 is 1.96 bits per heavy atom. The number of nitrogens with one attached hydrogen (secondary N) is 2. The van der Waals surface area contributed by atoms with E-state index in [-0.39, 0.29) is 6.03 Å². The van der Waals surface area contributed by atoms with Crippen molar-refractivity contribution in [3.63, 3.8) is 0 Å². The van der Waals surface area contributed by atoms with Crippen molar-refractivity contribution in [1.29, 1.82) is 0 Å². The molecule has 0 saturated heterocycles. The van der Waals surface area contributed by atoms with Crippen molar-refractivity contribution in [3.05, 3.63) is 44.1 Å². The van der Waals surface area contributed by atoms with Crippen LogP contribution in [0.3, 0.4) is 0 Å². The van der Waals surface area contributed by atoms with Crippen LogP contribution in [-0.2, 0) is 13.1 Å². The molecular weight excluding hydrogens is 371 g/mol. The van der Waals surface area contributed by atoms with E-state index in [0.717, 1.165) is 10.4 Å². The maximum absolute atomic E-state index is 11.9. The van der Waals surface area contributed by atoms with Crippen LogP contribution < -0.4 is 20.1 Å². The average molecular weight is 389 g/mol. The van der Waals surface area contributed by atoms with E-state index in [2.05, 4.69) is 10.6 Å². The minimum absolute atomic E-state index is 0.275. The van der Waals surface area contributed by atoms with Gasteiger partial charge in [0, 0.05) is 11.4 Å². The molecule has 130 valence electrons. The molecule has 0 saturated carbocycles. The van der Waals surface area contributed by atoms with Crippen LogP contribution in [0, 0.1) is 0 Å². The summed E-state index contributed by atoms with van der Waals surface area (Å²) in [5.74, 6) is 1.04. The van der Waals surface area contributed by atoms with Crippen molar-refractivity contribution < 1.29 is 14.3 Å². The first kappa shape index (κ1) is 18.7. The van der Waals surface area contributed by atoms with Gasteiger partial charge in [0.1, 0.15) is 0 Å². The van der Waals surface area contributed by atoms with Crippen molar-refractivity contribution in [2.24, 2.45) is 0 Å². The largest absolute Gasteiger partial charge is 0.493 e. The highest BCUT2D eigenvalue weighted by Gasteiger charge is 2.12. The summed E-state index contributed by atoms with van der Waals surface area (Å²) in [6.45, 7) is 3.11. The highest BCUT2D eigenvalue weighted by atomic mass is 35.5. The molecule has 1 aromatic heterocycles. The van der Waals surface area contributed by atoms with E-state index < -0.39 is 0 Å². The number of benzene rings is 1. The number of methoxy groups -OCH3 is 1. The molecule has 0 bridgehead atoms. The molecule has 24 heavy (non-hydrogen) atoms. The zero-order valence-electron chi connectivity index (χ0n) is 13.3. The number of hydrogen-bond acceptors (Lipinski definition) is 4. The summed E-state index contributed by atoms with van der Waals surface area (Å²) < 4.78 is 11.4. The molecule has 2 N–H and O–H groups in total. The zero-order valence-corrected chi connectivity index (χ0v) is 15.6.